The standard InChI is InChI=1S/C3H9O2P/c1-5-3-6(2)4/h6H,3H2,1-2H3. The van der Waals surface area contributed by atoms with Gasteiger partial charge in [-0.2, -0.15) is 0 Å². The predicted octanol–water partition coefficient (Wildman–Crippen LogP) is 0.780. The summed E-state index contributed by atoms with van der Waals surface area (Å²) in [7, 11) is 0.190. The summed E-state index contributed by atoms with van der Waals surface area (Å²) >= 11 is 0. The minimum absolute atomic E-state index is 0.421. The second kappa shape index (κ2) is 3.38. The van der Waals surface area contributed by atoms with Gasteiger partial charge in [-0.05, 0) is 6.66 Å². The lowest BCUT2D eigenvalue weighted by molar-refractivity contribution is 0.252. The van der Waals surface area contributed by atoms with E-state index in [0.29, 0.717) is 6.35 Å². The van der Waals surface area contributed by atoms with Crippen molar-refractivity contribution in [3.8, 4) is 0 Å². The zero-order valence-electron chi connectivity index (χ0n) is 4.02. The van der Waals surface area contributed by atoms with Gasteiger partial charge in [-0.15, -0.1) is 0 Å². The fourth-order valence-electron chi connectivity index (χ4n) is 0.203. The molecular weight excluding hydrogens is 99.0 g/mol. The summed E-state index contributed by atoms with van der Waals surface area (Å²) in [5.41, 5.74) is 0. The lowest BCUT2D eigenvalue weighted by atomic mass is 11.5. The average molecular weight is 108 g/mol. The lowest BCUT2D eigenvalue weighted by Gasteiger charge is -1.86. The maximum Gasteiger partial charge on any atom is 0.0976 e. The molecular formula is C3H9O2P. The molecule has 1 unspecified atom stereocenters. The minimum atomic E-state index is -1.36. The Hall–Kier alpha value is 0.190. The molecule has 6 heavy (non-hydrogen) atoms. The first-order valence-corrected chi connectivity index (χ1v) is 3.87. The Morgan fingerprint density at radius 3 is 2.33 bits per heavy atom. The molecule has 0 aromatic carbocycles. The topological polar surface area (TPSA) is 26.3 Å². The molecule has 0 spiro atoms. The number of ether oxygens (including phenoxy) is 1. The summed E-state index contributed by atoms with van der Waals surface area (Å²) in [4.78, 5) is 0. The van der Waals surface area contributed by atoms with Gasteiger partial charge in [0.05, 0.1) is 14.1 Å². The Balaban J connectivity index is 2.83. The molecule has 1 atom stereocenters. The van der Waals surface area contributed by atoms with Crippen LogP contribution in [-0.2, 0) is 9.30 Å². The quantitative estimate of drug-likeness (QED) is 0.488. The van der Waals surface area contributed by atoms with E-state index in [1.54, 1.807) is 13.8 Å². The highest BCUT2D eigenvalue weighted by Gasteiger charge is 1.81. The van der Waals surface area contributed by atoms with E-state index >= 15 is 0 Å². The third-order valence-corrected chi connectivity index (χ3v) is 1.04. The van der Waals surface area contributed by atoms with Crippen molar-refractivity contribution >= 4 is 7.80 Å². The molecule has 0 aliphatic carbocycles. The fraction of sp³-hybridized carbons (Fsp3) is 1.00. The first-order valence-electron chi connectivity index (χ1n) is 1.75. The van der Waals surface area contributed by atoms with Gasteiger partial charge in [-0.25, -0.2) is 0 Å². The molecule has 0 fully saturated rings. The summed E-state index contributed by atoms with van der Waals surface area (Å²) < 4.78 is 14.6. The van der Waals surface area contributed by atoms with E-state index < -0.39 is 7.80 Å². The molecule has 38 valence electrons. The van der Waals surface area contributed by atoms with E-state index in [1.807, 2.05) is 0 Å². The van der Waals surface area contributed by atoms with Crippen LogP contribution in [0.25, 0.3) is 0 Å². The molecule has 0 aromatic heterocycles. The maximum absolute atomic E-state index is 10.1. The molecule has 0 rings (SSSR count). The van der Waals surface area contributed by atoms with Crippen LogP contribution in [0.4, 0.5) is 0 Å². The van der Waals surface area contributed by atoms with Gasteiger partial charge in [0.1, 0.15) is 0 Å². The second-order valence-corrected chi connectivity index (χ2v) is 2.83. The molecule has 0 amide bonds. The van der Waals surface area contributed by atoms with E-state index in [-0.39, 0.29) is 0 Å². The molecule has 0 N–H and O–H groups in total. The Bertz CT molecular complexity index is 52.8. The Labute approximate surface area is 38.3 Å². The van der Waals surface area contributed by atoms with Crippen LogP contribution in [0.15, 0.2) is 0 Å². The number of hydrogen-bond acceptors (Lipinski definition) is 2. The van der Waals surface area contributed by atoms with E-state index in [0.717, 1.165) is 0 Å². The van der Waals surface area contributed by atoms with E-state index in [9.17, 15) is 4.57 Å². The molecule has 2 nitrogen and oxygen atoms in total. The van der Waals surface area contributed by atoms with Crippen molar-refractivity contribution in [3.63, 3.8) is 0 Å². The zero-order valence-corrected chi connectivity index (χ0v) is 5.02. The van der Waals surface area contributed by atoms with Crippen LogP contribution in [0, 0.1) is 0 Å². The van der Waals surface area contributed by atoms with E-state index in [2.05, 4.69) is 4.74 Å². The van der Waals surface area contributed by atoms with Gasteiger partial charge in [-0.3, -0.25) is 0 Å². The highest BCUT2D eigenvalue weighted by molar-refractivity contribution is 7.43. The van der Waals surface area contributed by atoms with Crippen molar-refractivity contribution in [1.82, 2.24) is 0 Å². The first-order chi connectivity index (χ1) is 2.77. The number of methoxy groups -OCH3 is 1. The normalized spacial score (nSPS) is 14.3. The van der Waals surface area contributed by atoms with Gasteiger partial charge in [0, 0.05) is 7.11 Å². The number of rotatable bonds is 2. The second-order valence-electron chi connectivity index (χ2n) is 1.14. The smallest absolute Gasteiger partial charge is 0.0976 e. The minimum Gasteiger partial charge on any atom is -0.377 e. The number of hydrogen-bond donors (Lipinski definition) is 0. The summed E-state index contributed by atoms with van der Waals surface area (Å²) in [6.45, 7) is 1.67. The average Bonchev–Trinajstić information content (AvgIpc) is 1.35. The van der Waals surface area contributed by atoms with Gasteiger partial charge in [0.15, 0.2) is 0 Å². The maximum atomic E-state index is 10.1. The fourth-order valence-corrected chi connectivity index (χ4v) is 0.610. The van der Waals surface area contributed by atoms with Crippen LogP contribution in [0.1, 0.15) is 0 Å². The van der Waals surface area contributed by atoms with Crippen LogP contribution < -0.4 is 0 Å². The zero-order chi connectivity index (χ0) is 4.99. The van der Waals surface area contributed by atoms with Crippen LogP contribution in [0.3, 0.4) is 0 Å². The molecule has 0 saturated heterocycles. The van der Waals surface area contributed by atoms with Crippen LogP contribution >= 0.6 is 7.80 Å². The van der Waals surface area contributed by atoms with Crippen molar-refractivity contribution in [2.75, 3.05) is 20.1 Å². The molecule has 3 heteroatoms. The molecule has 0 heterocycles. The highest BCUT2D eigenvalue weighted by Crippen LogP contribution is 2.10. The van der Waals surface area contributed by atoms with Gasteiger partial charge < -0.3 is 9.30 Å². The Kier molecular flexibility index (Phi) is 3.49. The molecule has 0 radical (unpaired) electrons. The van der Waals surface area contributed by atoms with Crippen molar-refractivity contribution in [3.05, 3.63) is 0 Å². The van der Waals surface area contributed by atoms with Crippen molar-refractivity contribution in [2.45, 2.75) is 0 Å². The predicted molar refractivity (Wildman–Crippen MR) is 26.8 cm³/mol. The SMILES string of the molecule is COC[PH](C)=O. The molecule has 0 aliphatic heterocycles. The van der Waals surface area contributed by atoms with Crippen LogP contribution in [0.5, 0.6) is 0 Å². The molecule has 0 bridgehead atoms. The van der Waals surface area contributed by atoms with Gasteiger partial charge in [-0.1, -0.05) is 0 Å². The van der Waals surface area contributed by atoms with Crippen molar-refractivity contribution < 1.29 is 9.30 Å². The highest BCUT2D eigenvalue weighted by atomic mass is 31.1. The van der Waals surface area contributed by atoms with Gasteiger partial charge in [0.2, 0.25) is 0 Å². The summed E-state index contributed by atoms with van der Waals surface area (Å²) in [6.07, 6.45) is 0.421. The van der Waals surface area contributed by atoms with Crippen LogP contribution in [0.2, 0.25) is 0 Å². The largest absolute Gasteiger partial charge is 0.377 e. The molecule has 0 aliphatic rings. The Morgan fingerprint density at radius 1 is 1.83 bits per heavy atom. The van der Waals surface area contributed by atoms with Crippen LogP contribution in [-0.4, -0.2) is 20.1 Å². The van der Waals surface area contributed by atoms with E-state index in [4.69, 9.17) is 0 Å². The molecule has 0 saturated carbocycles. The summed E-state index contributed by atoms with van der Waals surface area (Å²) in [5, 5.41) is 0. The van der Waals surface area contributed by atoms with Gasteiger partial charge in [0.25, 0.3) is 0 Å². The lowest BCUT2D eigenvalue weighted by Crippen LogP contribution is -1.76. The monoisotopic (exact) mass is 108 g/mol. The van der Waals surface area contributed by atoms with Crippen molar-refractivity contribution in [1.29, 1.82) is 0 Å². The van der Waals surface area contributed by atoms with E-state index in [1.165, 1.54) is 0 Å². The van der Waals surface area contributed by atoms with Crippen molar-refractivity contribution in [2.24, 2.45) is 0 Å². The third-order valence-electron chi connectivity index (χ3n) is 0.348. The first kappa shape index (κ1) is 6.19. The third kappa shape index (κ3) is 4.19. The Morgan fingerprint density at radius 2 is 2.33 bits per heavy atom. The molecule has 0 aromatic rings. The van der Waals surface area contributed by atoms with Gasteiger partial charge >= 0.3 is 0 Å². The summed E-state index contributed by atoms with van der Waals surface area (Å²) in [5.74, 6) is 0. The summed E-state index contributed by atoms with van der Waals surface area (Å²) in [6, 6.07) is 0.